The van der Waals surface area contributed by atoms with Crippen molar-refractivity contribution in [3.63, 3.8) is 0 Å². The number of anilines is 1. The van der Waals surface area contributed by atoms with E-state index in [0.29, 0.717) is 25.4 Å². The van der Waals surface area contributed by atoms with Gasteiger partial charge >= 0.3 is 0 Å². The van der Waals surface area contributed by atoms with Crippen molar-refractivity contribution in [3.8, 4) is 0 Å². The van der Waals surface area contributed by atoms with Crippen LogP contribution in [0.1, 0.15) is 32.3 Å². The topological polar surface area (TPSA) is 58.4 Å². The molecule has 1 aromatic carbocycles. The third-order valence-corrected chi connectivity index (χ3v) is 3.81. The third-order valence-electron chi connectivity index (χ3n) is 3.81. The first-order chi connectivity index (χ1) is 9.54. The standard InChI is InChI=1S/C16H27N3O/c1-4-13(2)19(3)12-11-18-16(20)10-9-14-7-5-6-8-15(14)17/h5-8,13H,4,9-12,17H2,1-3H3,(H,18,20). The molecule has 1 aromatic rings. The summed E-state index contributed by atoms with van der Waals surface area (Å²) in [6.07, 6.45) is 2.30. The molecule has 0 aliphatic heterocycles. The molecule has 4 nitrogen and oxygen atoms in total. The smallest absolute Gasteiger partial charge is 0.220 e. The van der Waals surface area contributed by atoms with E-state index < -0.39 is 0 Å². The van der Waals surface area contributed by atoms with E-state index in [1.807, 2.05) is 24.3 Å². The Morgan fingerprint density at radius 2 is 2.10 bits per heavy atom. The minimum Gasteiger partial charge on any atom is -0.399 e. The second-order valence-corrected chi connectivity index (χ2v) is 5.29. The molecule has 0 spiro atoms. The molecule has 0 saturated heterocycles. The number of nitrogens with one attached hydrogen (secondary N) is 1. The van der Waals surface area contributed by atoms with Crippen molar-refractivity contribution < 1.29 is 4.79 Å². The zero-order valence-corrected chi connectivity index (χ0v) is 12.9. The van der Waals surface area contributed by atoms with Crippen LogP contribution in [0.25, 0.3) is 0 Å². The van der Waals surface area contributed by atoms with Gasteiger partial charge in [0.05, 0.1) is 0 Å². The van der Waals surface area contributed by atoms with E-state index in [0.717, 1.165) is 24.2 Å². The van der Waals surface area contributed by atoms with Gasteiger partial charge in [-0.3, -0.25) is 4.79 Å². The largest absolute Gasteiger partial charge is 0.399 e. The molecule has 1 unspecified atom stereocenters. The highest BCUT2D eigenvalue weighted by atomic mass is 16.1. The van der Waals surface area contributed by atoms with Crippen LogP contribution in [0.3, 0.4) is 0 Å². The lowest BCUT2D eigenvalue weighted by molar-refractivity contribution is -0.121. The number of hydrogen-bond donors (Lipinski definition) is 2. The minimum atomic E-state index is 0.0887. The molecule has 1 amide bonds. The van der Waals surface area contributed by atoms with Gasteiger partial charge in [-0.05, 0) is 38.4 Å². The van der Waals surface area contributed by atoms with Gasteiger partial charge < -0.3 is 16.0 Å². The van der Waals surface area contributed by atoms with E-state index in [1.54, 1.807) is 0 Å². The van der Waals surface area contributed by atoms with Crippen LogP contribution in [0.4, 0.5) is 5.69 Å². The zero-order chi connectivity index (χ0) is 15.0. The van der Waals surface area contributed by atoms with Gasteiger partial charge in [-0.1, -0.05) is 25.1 Å². The summed E-state index contributed by atoms with van der Waals surface area (Å²) in [4.78, 5) is 14.0. The van der Waals surface area contributed by atoms with E-state index in [-0.39, 0.29) is 5.91 Å². The molecule has 0 bridgehead atoms. The lowest BCUT2D eigenvalue weighted by atomic mass is 10.1. The van der Waals surface area contributed by atoms with Crippen molar-refractivity contribution in [2.45, 2.75) is 39.2 Å². The van der Waals surface area contributed by atoms with Crippen molar-refractivity contribution in [1.82, 2.24) is 10.2 Å². The summed E-state index contributed by atoms with van der Waals surface area (Å²) < 4.78 is 0. The molecule has 20 heavy (non-hydrogen) atoms. The predicted molar refractivity (Wildman–Crippen MR) is 84.6 cm³/mol. The van der Waals surface area contributed by atoms with Crippen LogP contribution in [0, 0.1) is 0 Å². The van der Waals surface area contributed by atoms with Gasteiger partial charge in [0, 0.05) is 31.2 Å². The highest BCUT2D eigenvalue weighted by molar-refractivity contribution is 5.76. The Morgan fingerprint density at radius 3 is 2.75 bits per heavy atom. The van der Waals surface area contributed by atoms with Crippen molar-refractivity contribution in [1.29, 1.82) is 0 Å². The maximum Gasteiger partial charge on any atom is 0.220 e. The van der Waals surface area contributed by atoms with Crippen molar-refractivity contribution in [2.24, 2.45) is 0 Å². The normalized spacial score (nSPS) is 12.4. The van der Waals surface area contributed by atoms with Crippen molar-refractivity contribution in [3.05, 3.63) is 29.8 Å². The fourth-order valence-corrected chi connectivity index (χ4v) is 2.00. The Morgan fingerprint density at radius 1 is 1.40 bits per heavy atom. The average Bonchev–Trinajstić information content (AvgIpc) is 2.45. The molecule has 1 atom stereocenters. The lowest BCUT2D eigenvalue weighted by Crippen LogP contribution is -2.37. The number of para-hydroxylation sites is 1. The van der Waals surface area contributed by atoms with Gasteiger partial charge in [-0.15, -0.1) is 0 Å². The van der Waals surface area contributed by atoms with Crippen molar-refractivity contribution >= 4 is 11.6 Å². The molecule has 112 valence electrons. The summed E-state index contributed by atoms with van der Waals surface area (Å²) in [6.45, 7) is 5.95. The van der Waals surface area contributed by atoms with Crippen LogP contribution in [0.15, 0.2) is 24.3 Å². The van der Waals surface area contributed by atoms with Crippen LogP contribution >= 0.6 is 0 Å². The molecule has 0 radical (unpaired) electrons. The summed E-state index contributed by atoms with van der Waals surface area (Å²) in [5, 5.41) is 2.96. The predicted octanol–water partition coefficient (Wildman–Crippen LogP) is 2.05. The highest BCUT2D eigenvalue weighted by Gasteiger charge is 2.07. The van der Waals surface area contributed by atoms with E-state index in [1.165, 1.54) is 0 Å². The minimum absolute atomic E-state index is 0.0887. The lowest BCUT2D eigenvalue weighted by Gasteiger charge is -2.23. The van der Waals surface area contributed by atoms with Gasteiger partial charge in [-0.2, -0.15) is 0 Å². The SMILES string of the molecule is CCC(C)N(C)CCNC(=O)CCc1ccccc1N. The first-order valence-electron chi connectivity index (χ1n) is 7.35. The maximum atomic E-state index is 11.8. The van der Waals surface area contributed by atoms with E-state index in [2.05, 4.69) is 31.1 Å². The Kier molecular flexibility index (Phi) is 7.09. The molecule has 0 fully saturated rings. The number of benzene rings is 1. The van der Waals surface area contributed by atoms with Gasteiger partial charge in [0.15, 0.2) is 0 Å². The van der Waals surface area contributed by atoms with E-state index in [9.17, 15) is 4.79 Å². The monoisotopic (exact) mass is 277 g/mol. The number of hydrogen-bond acceptors (Lipinski definition) is 3. The number of carbonyl (C=O) groups excluding carboxylic acids is 1. The molecule has 0 saturated carbocycles. The average molecular weight is 277 g/mol. The molecule has 0 aromatic heterocycles. The molecular weight excluding hydrogens is 250 g/mol. The van der Waals surface area contributed by atoms with Gasteiger partial charge in [0.1, 0.15) is 0 Å². The Labute approximate surface area is 122 Å². The Hall–Kier alpha value is -1.55. The number of nitrogen functional groups attached to an aromatic ring is 1. The Bertz CT molecular complexity index is 420. The first kappa shape index (κ1) is 16.5. The van der Waals surface area contributed by atoms with Crippen LogP contribution in [0.5, 0.6) is 0 Å². The molecule has 0 heterocycles. The number of likely N-dealkylation sites (N-methyl/N-ethyl adjacent to an activating group) is 1. The summed E-state index contributed by atoms with van der Waals surface area (Å²) in [6, 6.07) is 8.25. The molecule has 4 heteroatoms. The zero-order valence-electron chi connectivity index (χ0n) is 12.9. The van der Waals surface area contributed by atoms with Crippen LogP contribution < -0.4 is 11.1 Å². The second kappa shape index (κ2) is 8.59. The number of aryl methyl sites for hydroxylation is 1. The summed E-state index contributed by atoms with van der Waals surface area (Å²) in [5.41, 5.74) is 7.66. The number of nitrogens with two attached hydrogens (primary N) is 1. The summed E-state index contributed by atoms with van der Waals surface area (Å²) in [7, 11) is 2.09. The first-order valence-corrected chi connectivity index (χ1v) is 7.35. The van der Waals surface area contributed by atoms with Crippen LogP contribution in [0.2, 0.25) is 0 Å². The highest BCUT2D eigenvalue weighted by Crippen LogP contribution is 2.12. The van der Waals surface area contributed by atoms with Crippen molar-refractivity contribution in [2.75, 3.05) is 25.9 Å². The molecule has 3 N–H and O–H groups in total. The maximum absolute atomic E-state index is 11.8. The van der Waals surface area contributed by atoms with Gasteiger partial charge in [0.25, 0.3) is 0 Å². The van der Waals surface area contributed by atoms with Gasteiger partial charge in [-0.25, -0.2) is 0 Å². The summed E-state index contributed by atoms with van der Waals surface area (Å²) >= 11 is 0. The van der Waals surface area contributed by atoms with E-state index >= 15 is 0 Å². The molecular formula is C16H27N3O. The third kappa shape index (κ3) is 5.61. The van der Waals surface area contributed by atoms with E-state index in [4.69, 9.17) is 5.73 Å². The molecule has 0 aliphatic rings. The Balaban J connectivity index is 2.23. The molecule has 1 rings (SSSR count). The quantitative estimate of drug-likeness (QED) is 0.715. The number of amides is 1. The van der Waals surface area contributed by atoms with Crippen LogP contribution in [-0.4, -0.2) is 37.0 Å². The fraction of sp³-hybridized carbons (Fsp3) is 0.562. The number of nitrogens with zero attached hydrogens (tertiary/aromatic N) is 1. The number of carbonyl (C=O) groups is 1. The second-order valence-electron chi connectivity index (χ2n) is 5.29. The van der Waals surface area contributed by atoms with Crippen LogP contribution in [-0.2, 0) is 11.2 Å². The molecule has 0 aliphatic carbocycles. The number of rotatable bonds is 8. The van der Waals surface area contributed by atoms with Gasteiger partial charge in [0.2, 0.25) is 5.91 Å². The summed E-state index contributed by atoms with van der Waals surface area (Å²) in [5.74, 6) is 0.0887. The fourth-order valence-electron chi connectivity index (χ4n) is 2.00.